The first-order valence-corrected chi connectivity index (χ1v) is 5.47. The molecule has 0 amide bonds. The van der Waals surface area contributed by atoms with Crippen LogP contribution in [0.2, 0.25) is 0 Å². The van der Waals surface area contributed by atoms with E-state index in [0.717, 1.165) is 6.42 Å². The Balaban J connectivity index is 2.45. The number of nitrogens with one attached hydrogen (secondary N) is 1. The Hall–Kier alpha value is -1.03. The molecular weight excluding hydrogens is 194 g/mol. The van der Waals surface area contributed by atoms with Crippen LogP contribution in [0.3, 0.4) is 0 Å². The van der Waals surface area contributed by atoms with Gasteiger partial charge in [0.15, 0.2) is 5.96 Å². The molecule has 1 aromatic rings. The Morgan fingerprint density at radius 2 is 2.36 bits per heavy atom. The van der Waals surface area contributed by atoms with Crippen molar-refractivity contribution in [2.45, 2.75) is 26.3 Å². The Labute approximate surface area is 89.0 Å². The molecule has 1 rings (SSSR count). The van der Waals surface area contributed by atoms with Crippen molar-refractivity contribution < 1.29 is 0 Å². The third-order valence-corrected chi connectivity index (χ3v) is 2.96. The lowest BCUT2D eigenvalue weighted by Crippen LogP contribution is -2.39. The third-order valence-electron chi connectivity index (χ3n) is 1.94. The van der Waals surface area contributed by atoms with Gasteiger partial charge in [0.25, 0.3) is 0 Å². The maximum atomic E-state index is 5.58. The molecule has 0 saturated carbocycles. The largest absolute Gasteiger partial charge is 0.370 e. The Morgan fingerprint density at radius 3 is 2.86 bits per heavy atom. The minimum atomic E-state index is 0.330. The van der Waals surface area contributed by atoms with Crippen LogP contribution >= 0.6 is 11.3 Å². The summed E-state index contributed by atoms with van der Waals surface area (Å²) in [6.45, 7) is 4.22. The number of nitrogens with zero attached hydrogens (tertiary/aromatic N) is 1. The summed E-state index contributed by atoms with van der Waals surface area (Å²) in [6.07, 6.45) is 0.995. The van der Waals surface area contributed by atoms with E-state index in [1.807, 2.05) is 11.3 Å². The molecule has 3 nitrogen and oxygen atoms in total. The average Bonchev–Trinajstić information content (AvgIpc) is 2.50. The number of hydrogen-bond donors (Lipinski definition) is 2. The summed E-state index contributed by atoms with van der Waals surface area (Å²) in [5, 5.41) is 3.12. The number of aryl methyl sites for hydroxylation is 1. The van der Waals surface area contributed by atoms with Gasteiger partial charge in [-0.3, -0.25) is 4.99 Å². The van der Waals surface area contributed by atoms with Crippen LogP contribution in [0.4, 0.5) is 0 Å². The van der Waals surface area contributed by atoms with Crippen molar-refractivity contribution in [1.29, 1.82) is 0 Å². The zero-order valence-electron chi connectivity index (χ0n) is 8.87. The van der Waals surface area contributed by atoms with E-state index in [1.165, 1.54) is 9.75 Å². The van der Waals surface area contributed by atoms with Gasteiger partial charge in [0.05, 0.1) is 0 Å². The SMILES string of the molecule is CN=C(N)NC(C)Cc1ccc(C)s1. The maximum Gasteiger partial charge on any atom is 0.188 e. The minimum absolute atomic E-state index is 0.330. The first kappa shape index (κ1) is 11.0. The maximum absolute atomic E-state index is 5.58. The second-order valence-corrected chi connectivity index (χ2v) is 4.74. The van der Waals surface area contributed by atoms with E-state index in [1.54, 1.807) is 7.05 Å². The molecule has 1 aromatic heterocycles. The van der Waals surface area contributed by atoms with Crippen molar-refractivity contribution in [2.24, 2.45) is 10.7 Å². The Kier molecular flexibility index (Phi) is 3.95. The zero-order valence-corrected chi connectivity index (χ0v) is 9.69. The predicted octanol–water partition coefficient (Wildman–Crippen LogP) is 1.52. The summed E-state index contributed by atoms with van der Waals surface area (Å²) in [6, 6.07) is 4.64. The molecule has 0 spiro atoms. The molecule has 3 N–H and O–H groups in total. The number of thiophene rings is 1. The monoisotopic (exact) mass is 211 g/mol. The highest BCUT2D eigenvalue weighted by atomic mass is 32.1. The highest BCUT2D eigenvalue weighted by Crippen LogP contribution is 2.16. The van der Waals surface area contributed by atoms with E-state index in [4.69, 9.17) is 5.73 Å². The fraction of sp³-hybridized carbons (Fsp3) is 0.500. The van der Waals surface area contributed by atoms with Crippen LogP contribution in [0.5, 0.6) is 0 Å². The molecule has 4 heteroatoms. The van der Waals surface area contributed by atoms with Crippen LogP contribution in [-0.4, -0.2) is 19.0 Å². The van der Waals surface area contributed by atoms with E-state index in [0.29, 0.717) is 12.0 Å². The van der Waals surface area contributed by atoms with Gasteiger partial charge in [-0.2, -0.15) is 0 Å². The Morgan fingerprint density at radius 1 is 1.64 bits per heavy atom. The van der Waals surface area contributed by atoms with Crippen molar-refractivity contribution in [1.82, 2.24) is 5.32 Å². The smallest absolute Gasteiger partial charge is 0.188 e. The second-order valence-electron chi connectivity index (χ2n) is 3.37. The van der Waals surface area contributed by atoms with E-state index in [9.17, 15) is 0 Å². The topological polar surface area (TPSA) is 50.4 Å². The summed E-state index contributed by atoms with van der Waals surface area (Å²) in [5.74, 6) is 0.505. The quantitative estimate of drug-likeness (QED) is 0.588. The van der Waals surface area contributed by atoms with Crippen LogP contribution in [-0.2, 0) is 6.42 Å². The van der Waals surface area contributed by atoms with Gasteiger partial charge >= 0.3 is 0 Å². The highest BCUT2D eigenvalue weighted by Gasteiger charge is 2.05. The number of hydrogen-bond acceptors (Lipinski definition) is 2. The standard InChI is InChI=1S/C10H17N3S/c1-7(13-10(11)12-3)6-9-5-4-8(2)14-9/h4-5,7H,6H2,1-3H3,(H3,11,12,13). The average molecular weight is 211 g/mol. The first-order chi connectivity index (χ1) is 6.61. The lowest BCUT2D eigenvalue weighted by atomic mass is 10.2. The molecule has 0 bridgehead atoms. The van der Waals surface area contributed by atoms with Crippen molar-refractivity contribution >= 4 is 17.3 Å². The van der Waals surface area contributed by atoms with Gasteiger partial charge in [0.1, 0.15) is 0 Å². The molecular formula is C10H17N3S. The van der Waals surface area contributed by atoms with Crippen LogP contribution in [0.15, 0.2) is 17.1 Å². The molecule has 0 aliphatic rings. The minimum Gasteiger partial charge on any atom is -0.370 e. The van der Waals surface area contributed by atoms with Crippen molar-refractivity contribution in [3.63, 3.8) is 0 Å². The molecule has 1 heterocycles. The lowest BCUT2D eigenvalue weighted by Gasteiger charge is -2.12. The molecule has 0 saturated heterocycles. The van der Waals surface area contributed by atoms with Gasteiger partial charge in [0, 0.05) is 29.3 Å². The van der Waals surface area contributed by atoms with Crippen LogP contribution in [0.25, 0.3) is 0 Å². The fourth-order valence-corrected chi connectivity index (χ4v) is 2.28. The van der Waals surface area contributed by atoms with Gasteiger partial charge in [0.2, 0.25) is 0 Å². The summed E-state index contributed by atoms with van der Waals surface area (Å²) in [7, 11) is 1.68. The summed E-state index contributed by atoms with van der Waals surface area (Å²) >= 11 is 1.83. The van der Waals surface area contributed by atoms with Crippen molar-refractivity contribution in [3.05, 3.63) is 21.9 Å². The summed E-state index contributed by atoms with van der Waals surface area (Å²) < 4.78 is 0. The molecule has 0 aromatic carbocycles. The van der Waals surface area contributed by atoms with Crippen LogP contribution in [0, 0.1) is 6.92 Å². The Bertz CT molecular complexity index is 317. The van der Waals surface area contributed by atoms with Crippen molar-refractivity contribution in [2.75, 3.05) is 7.05 Å². The van der Waals surface area contributed by atoms with Crippen LogP contribution in [0.1, 0.15) is 16.7 Å². The summed E-state index contributed by atoms with van der Waals surface area (Å²) in [5.41, 5.74) is 5.58. The summed E-state index contributed by atoms with van der Waals surface area (Å²) in [4.78, 5) is 6.59. The van der Waals surface area contributed by atoms with E-state index >= 15 is 0 Å². The molecule has 0 aliphatic carbocycles. The molecule has 78 valence electrons. The van der Waals surface area contributed by atoms with Gasteiger partial charge in [-0.1, -0.05) is 0 Å². The normalized spacial score (nSPS) is 14.1. The van der Waals surface area contributed by atoms with Gasteiger partial charge in [-0.05, 0) is 26.0 Å². The van der Waals surface area contributed by atoms with Gasteiger partial charge in [-0.15, -0.1) is 11.3 Å². The molecule has 1 unspecified atom stereocenters. The van der Waals surface area contributed by atoms with E-state index in [-0.39, 0.29) is 0 Å². The lowest BCUT2D eigenvalue weighted by molar-refractivity contribution is 0.662. The fourth-order valence-electron chi connectivity index (χ4n) is 1.26. The third kappa shape index (κ3) is 3.38. The molecule has 0 radical (unpaired) electrons. The second kappa shape index (κ2) is 5.00. The number of nitrogens with two attached hydrogens (primary N) is 1. The van der Waals surface area contributed by atoms with Crippen molar-refractivity contribution in [3.8, 4) is 0 Å². The molecule has 0 aliphatic heterocycles. The predicted molar refractivity (Wildman–Crippen MR) is 62.9 cm³/mol. The van der Waals surface area contributed by atoms with E-state index < -0.39 is 0 Å². The highest BCUT2D eigenvalue weighted by molar-refractivity contribution is 7.11. The molecule has 0 fully saturated rings. The number of guanidine groups is 1. The van der Waals surface area contributed by atoms with Gasteiger partial charge in [-0.25, -0.2) is 0 Å². The van der Waals surface area contributed by atoms with E-state index in [2.05, 4.69) is 36.3 Å². The molecule has 1 atom stereocenters. The number of rotatable bonds is 3. The molecule has 14 heavy (non-hydrogen) atoms. The zero-order chi connectivity index (χ0) is 10.6. The van der Waals surface area contributed by atoms with Gasteiger partial charge < -0.3 is 11.1 Å². The number of aliphatic imine (C=N–C) groups is 1. The van der Waals surface area contributed by atoms with Crippen LogP contribution < -0.4 is 11.1 Å². The first-order valence-electron chi connectivity index (χ1n) is 4.66.